The van der Waals surface area contributed by atoms with Crippen molar-refractivity contribution in [3.63, 3.8) is 0 Å². The van der Waals surface area contributed by atoms with E-state index in [1.165, 1.54) is 17.8 Å². The van der Waals surface area contributed by atoms with Crippen LogP contribution in [0.5, 0.6) is 0 Å². The predicted octanol–water partition coefficient (Wildman–Crippen LogP) is 2.10. The Morgan fingerprint density at radius 1 is 1.57 bits per heavy atom. The smallest absolute Gasteiger partial charge is 0.186 e. The summed E-state index contributed by atoms with van der Waals surface area (Å²) in [6.07, 6.45) is 4.49. The Bertz CT molecular complexity index is 518. The van der Waals surface area contributed by atoms with Gasteiger partial charge in [-0.2, -0.15) is 5.10 Å². The first kappa shape index (κ1) is 16.0. The molecular weight excluding hydrogens is 284 g/mol. The molecule has 116 valence electrons. The van der Waals surface area contributed by atoms with E-state index in [1.807, 2.05) is 13.1 Å². The Kier molecular flexibility index (Phi) is 5.76. The lowest BCUT2D eigenvalue weighted by Gasteiger charge is -2.14. The molecule has 1 fully saturated rings. The third kappa shape index (κ3) is 4.28. The van der Waals surface area contributed by atoms with E-state index in [-0.39, 0.29) is 0 Å². The third-order valence-electron chi connectivity index (χ3n) is 3.73. The van der Waals surface area contributed by atoms with E-state index in [1.54, 1.807) is 0 Å². The van der Waals surface area contributed by atoms with Gasteiger partial charge in [-0.3, -0.25) is 5.43 Å². The molecule has 21 heavy (non-hydrogen) atoms. The summed E-state index contributed by atoms with van der Waals surface area (Å²) in [6.45, 7) is 8.84. The Morgan fingerprint density at radius 2 is 2.38 bits per heavy atom. The fourth-order valence-corrected chi connectivity index (χ4v) is 2.79. The first-order valence-corrected chi connectivity index (χ1v) is 7.88. The maximum Gasteiger partial charge on any atom is 0.186 e. The van der Waals surface area contributed by atoms with E-state index in [0.717, 1.165) is 31.7 Å². The minimum absolute atomic E-state index is 0.346. The highest BCUT2D eigenvalue weighted by Gasteiger charge is 2.18. The average molecular weight is 308 g/mol. The monoisotopic (exact) mass is 308 g/mol. The lowest BCUT2D eigenvalue weighted by atomic mass is 10.2. The second kappa shape index (κ2) is 7.56. The predicted molar refractivity (Wildman–Crippen MR) is 89.9 cm³/mol. The topological polar surface area (TPSA) is 50.6 Å². The van der Waals surface area contributed by atoms with Gasteiger partial charge in [-0.05, 0) is 51.9 Å². The maximum absolute atomic E-state index is 5.72. The van der Waals surface area contributed by atoms with Crippen molar-refractivity contribution in [2.24, 2.45) is 5.10 Å². The molecule has 0 amide bonds. The molecule has 2 rings (SSSR count). The van der Waals surface area contributed by atoms with Gasteiger partial charge in [0.05, 0.1) is 12.3 Å². The van der Waals surface area contributed by atoms with Crippen molar-refractivity contribution in [2.45, 2.75) is 46.3 Å². The molecule has 2 N–H and O–H groups in total. The molecule has 2 heterocycles. The number of hydrogen-bond donors (Lipinski definition) is 2. The van der Waals surface area contributed by atoms with Gasteiger partial charge >= 0.3 is 0 Å². The zero-order valence-electron chi connectivity index (χ0n) is 13.0. The summed E-state index contributed by atoms with van der Waals surface area (Å²) in [5.74, 6) is 0. The van der Waals surface area contributed by atoms with Gasteiger partial charge in [0.2, 0.25) is 0 Å². The third-order valence-corrected chi connectivity index (χ3v) is 3.97. The molecule has 1 aromatic rings. The van der Waals surface area contributed by atoms with Crippen molar-refractivity contribution in [1.29, 1.82) is 0 Å². The number of nitrogens with zero attached hydrogens (tertiary/aromatic N) is 2. The number of nitrogens with one attached hydrogen (secondary N) is 2. The van der Waals surface area contributed by atoms with E-state index in [9.17, 15) is 0 Å². The second-order valence-corrected chi connectivity index (χ2v) is 5.71. The highest BCUT2D eigenvalue weighted by atomic mass is 32.1. The Balaban J connectivity index is 2.00. The number of thiocarbonyl (C=S) groups is 1. The molecule has 0 bridgehead atoms. The number of hydrogen-bond acceptors (Lipinski definition) is 3. The quantitative estimate of drug-likeness (QED) is 0.497. The second-order valence-electron chi connectivity index (χ2n) is 5.30. The number of hydrazone groups is 1. The highest BCUT2D eigenvalue weighted by Crippen LogP contribution is 2.19. The van der Waals surface area contributed by atoms with Gasteiger partial charge in [0.1, 0.15) is 0 Å². The molecule has 1 saturated heterocycles. The van der Waals surface area contributed by atoms with Crippen LogP contribution in [0.15, 0.2) is 11.2 Å². The Morgan fingerprint density at radius 3 is 3.05 bits per heavy atom. The molecule has 1 atom stereocenters. The lowest BCUT2D eigenvalue weighted by molar-refractivity contribution is 0.0962. The van der Waals surface area contributed by atoms with Crippen LogP contribution in [0.2, 0.25) is 0 Å². The van der Waals surface area contributed by atoms with Gasteiger partial charge in [-0.15, -0.1) is 0 Å². The summed E-state index contributed by atoms with van der Waals surface area (Å²) in [7, 11) is 0. The summed E-state index contributed by atoms with van der Waals surface area (Å²) < 4.78 is 8.03. The first-order valence-electron chi connectivity index (χ1n) is 7.47. The van der Waals surface area contributed by atoms with Gasteiger partial charge in [0.15, 0.2) is 5.11 Å². The van der Waals surface area contributed by atoms with Crippen LogP contribution < -0.4 is 10.7 Å². The van der Waals surface area contributed by atoms with Gasteiger partial charge < -0.3 is 14.6 Å². The first-order chi connectivity index (χ1) is 10.1. The largest absolute Gasteiger partial charge is 0.376 e. The minimum atomic E-state index is 0.346. The Hall–Kier alpha value is -1.40. The molecule has 0 saturated carbocycles. The minimum Gasteiger partial charge on any atom is -0.376 e. The standard InChI is InChI=1S/C15H24N4OS/c1-4-16-15(21)18-17-9-13-8-11(2)19(12(13)3)10-14-6-5-7-20-14/h8-9,14H,4-7,10H2,1-3H3,(H2,16,18,21)/b17-9-/t14-/m1/s1. The van der Waals surface area contributed by atoms with Crippen molar-refractivity contribution in [2.75, 3.05) is 13.2 Å². The fraction of sp³-hybridized carbons (Fsp3) is 0.600. The zero-order chi connectivity index (χ0) is 15.2. The van der Waals surface area contributed by atoms with Crippen LogP contribution in [-0.2, 0) is 11.3 Å². The van der Waals surface area contributed by atoms with Crippen molar-refractivity contribution in [1.82, 2.24) is 15.3 Å². The number of aryl methyl sites for hydroxylation is 1. The van der Waals surface area contributed by atoms with E-state index in [4.69, 9.17) is 17.0 Å². The van der Waals surface area contributed by atoms with E-state index >= 15 is 0 Å². The summed E-state index contributed by atoms with van der Waals surface area (Å²) in [5, 5.41) is 7.72. The van der Waals surface area contributed by atoms with Crippen molar-refractivity contribution < 1.29 is 4.74 Å². The molecule has 6 heteroatoms. The van der Waals surface area contributed by atoms with Crippen LogP contribution in [0.3, 0.4) is 0 Å². The van der Waals surface area contributed by atoms with Gasteiger partial charge in [0.25, 0.3) is 0 Å². The number of ether oxygens (including phenoxy) is 1. The zero-order valence-corrected chi connectivity index (χ0v) is 13.8. The van der Waals surface area contributed by atoms with Crippen molar-refractivity contribution >= 4 is 23.5 Å². The molecule has 1 aromatic heterocycles. The van der Waals surface area contributed by atoms with Crippen LogP contribution in [0.25, 0.3) is 0 Å². The van der Waals surface area contributed by atoms with E-state index in [0.29, 0.717) is 11.2 Å². The normalized spacial score (nSPS) is 18.3. The lowest BCUT2D eigenvalue weighted by Crippen LogP contribution is -2.31. The average Bonchev–Trinajstić information content (AvgIpc) is 3.04. The molecule has 0 spiro atoms. The van der Waals surface area contributed by atoms with Gasteiger partial charge in [0, 0.05) is 36.6 Å². The Labute approximate surface area is 131 Å². The summed E-state index contributed by atoms with van der Waals surface area (Å²) in [6, 6.07) is 2.14. The van der Waals surface area contributed by atoms with Crippen LogP contribution in [-0.4, -0.2) is 35.1 Å². The summed E-state index contributed by atoms with van der Waals surface area (Å²) >= 11 is 5.07. The van der Waals surface area contributed by atoms with Crippen molar-refractivity contribution in [3.8, 4) is 0 Å². The van der Waals surface area contributed by atoms with Crippen LogP contribution in [0.4, 0.5) is 0 Å². The molecule has 0 aliphatic carbocycles. The molecule has 0 radical (unpaired) electrons. The summed E-state index contributed by atoms with van der Waals surface area (Å²) in [4.78, 5) is 0. The van der Waals surface area contributed by atoms with E-state index in [2.05, 4.69) is 40.3 Å². The molecule has 1 aliphatic rings. The highest BCUT2D eigenvalue weighted by molar-refractivity contribution is 7.80. The fourth-order valence-electron chi connectivity index (χ4n) is 2.59. The van der Waals surface area contributed by atoms with E-state index < -0.39 is 0 Å². The molecule has 5 nitrogen and oxygen atoms in total. The maximum atomic E-state index is 5.72. The number of rotatable bonds is 5. The van der Waals surface area contributed by atoms with Gasteiger partial charge in [-0.25, -0.2) is 0 Å². The molecular formula is C15H24N4OS. The SMILES string of the molecule is CCNC(=S)N/N=C\c1cc(C)n(C[C@H]2CCCO2)c1C. The molecule has 0 aromatic carbocycles. The summed E-state index contributed by atoms with van der Waals surface area (Å²) in [5.41, 5.74) is 6.37. The van der Waals surface area contributed by atoms with Crippen molar-refractivity contribution in [3.05, 3.63) is 23.0 Å². The number of aromatic nitrogens is 1. The van der Waals surface area contributed by atoms with Crippen LogP contribution in [0.1, 0.15) is 36.7 Å². The molecule has 0 unspecified atom stereocenters. The van der Waals surface area contributed by atoms with Gasteiger partial charge in [-0.1, -0.05) is 0 Å². The van der Waals surface area contributed by atoms with Crippen LogP contribution in [0, 0.1) is 13.8 Å². The molecule has 1 aliphatic heterocycles. The van der Waals surface area contributed by atoms with Crippen LogP contribution >= 0.6 is 12.2 Å².